The van der Waals surface area contributed by atoms with Gasteiger partial charge in [0.05, 0.1) is 26.2 Å². The number of hydrogen-bond acceptors (Lipinski definition) is 4. The Morgan fingerprint density at radius 3 is 2.69 bits per heavy atom. The van der Waals surface area contributed by atoms with Gasteiger partial charge >= 0.3 is 5.97 Å². The highest BCUT2D eigenvalue weighted by Crippen LogP contribution is 2.41. The van der Waals surface area contributed by atoms with Crippen LogP contribution >= 0.6 is 15.9 Å². The highest BCUT2D eigenvalue weighted by molar-refractivity contribution is 9.10. The van der Waals surface area contributed by atoms with E-state index in [9.17, 15) is 9.90 Å². The van der Waals surface area contributed by atoms with E-state index >= 15 is 0 Å². The number of ether oxygens (including phenoxy) is 3. The lowest BCUT2D eigenvalue weighted by Crippen LogP contribution is -2.19. The highest BCUT2D eigenvalue weighted by Gasteiger charge is 2.33. The topological polar surface area (TPSA) is 65.0 Å². The van der Waals surface area contributed by atoms with E-state index in [4.69, 9.17) is 14.2 Å². The molecule has 0 fully saturated rings. The van der Waals surface area contributed by atoms with Crippen LogP contribution in [0.15, 0.2) is 40.9 Å². The monoisotopic (exact) mass is 462 g/mol. The van der Waals surface area contributed by atoms with E-state index in [2.05, 4.69) is 22.0 Å². The number of halogens is 1. The Hall–Kier alpha value is -2.21. The van der Waals surface area contributed by atoms with Gasteiger partial charge in [0.15, 0.2) is 11.5 Å². The maximum Gasteiger partial charge on any atom is 0.307 e. The van der Waals surface area contributed by atoms with Crippen LogP contribution in [0.3, 0.4) is 0 Å². The minimum absolute atomic E-state index is 0.107. The first-order valence-electron chi connectivity index (χ1n) is 9.98. The molecule has 6 heteroatoms. The molecular formula is C23H27BrO5. The number of fused-ring (bicyclic) bond motifs is 1. The van der Waals surface area contributed by atoms with Crippen molar-refractivity contribution in [2.75, 3.05) is 20.3 Å². The smallest absolute Gasteiger partial charge is 0.307 e. The SMILES string of the molecule is CCC(C(=O)O)[C@@H]1CCc2cc(OCCCOc3ccc(Br)cc3OC)ccc21. The standard InChI is InChI=1S/C23H27BrO5/c1-3-18(23(25)26)20-8-5-15-13-17(7-9-19(15)20)28-11-4-12-29-21-10-6-16(24)14-22(21)27-2/h6-7,9-10,13-14,18,20H,3-5,8,11-12H2,1-2H3,(H,25,26)/t18?,20-/m0/s1. The first kappa shape index (κ1) is 21.5. The molecule has 0 radical (unpaired) electrons. The summed E-state index contributed by atoms with van der Waals surface area (Å²) in [5.74, 6) is 1.33. The van der Waals surface area contributed by atoms with Gasteiger partial charge in [-0.3, -0.25) is 4.79 Å². The van der Waals surface area contributed by atoms with E-state index < -0.39 is 5.97 Å². The number of aliphatic carboxylic acids is 1. The molecule has 1 N–H and O–H groups in total. The van der Waals surface area contributed by atoms with Gasteiger partial charge in [-0.1, -0.05) is 28.9 Å². The molecule has 2 aromatic carbocycles. The van der Waals surface area contributed by atoms with Gasteiger partial charge in [0.25, 0.3) is 0 Å². The van der Waals surface area contributed by atoms with Crippen LogP contribution < -0.4 is 14.2 Å². The van der Waals surface area contributed by atoms with E-state index in [0.29, 0.717) is 31.1 Å². The number of rotatable bonds is 10. The van der Waals surface area contributed by atoms with E-state index in [1.54, 1.807) is 7.11 Å². The molecule has 5 nitrogen and oxygen atoms in total. The Morgan fingerprint density at radius 1 is 1.17 bits per heavy atom. The van der Waals surface area contributed by atoms with Crippen molar-refractivity contribution in [2.45, 2.75) is 38.5 Å². The van der Waals surface area contributed by atoms with Crippen molar-refractivity contribution in [2.24, 2.45) is 5.92 Å². The van der Waals surface area contributed by atoms with E-state index in [-0.39, 0.29) is 11.8 Å². The Bertz CT molecular complexity index is 851. The Balaban J connectivity index is 1.50. The number of carbonyl (C=O) groups is 1. The van der Waals surface area contributed by atoms with Gasteiger partial charge in [0.2, 0.25) is 0 Å². The van der Waals surface area contributed by atoms with Crippen molar-refractivity contribution in [1.82, 2.24) is 0 Å². The zero-order valence-corrected chi connectivity index (χ0v) is 18.4. The van der Waals surface area contributed by atoms with Gasteiger partial charge in [-0.2, -0.15) is 0 Å². The average molecular weight is 463 g/mol. The number of methoxy groups -OCH3 is 1. The zero-order valence-electron chi connectivity index (χ0n) is 16.8. The summed E-state index contributed by atoms with van der Waals surface area (Å²) in [5, 5.41) is 9.46. The molecule has 0 bridgehead atoms. The van der Waals surface area contributed by atoms with Gasteiger partial charge in [-0.25, -0.2) is 0 Å². The minimum Gasteiger partial charge on any atom is -0.493 e. The number of carboxylic acids is 1. The van der Waals surface area contributed by atoms with Gasteiger partial charge in [-0.15, -0.1) is 0 Å². The van der Waals surface area contributed by atoms with Crippen molar-refractivity contribution >= 4 is 21.9 Å². The second-order valence-corrected chi connectivity index (χ2v) is 8.12. The fourth-order valence-corrected chi connectivity index (χ4v) is 4.30. The van der Waals surface area contributed by atoms with Gasteiger partial charge < -0.3 is 19.3 Å². The molecular weight excluding hydrogens is 436 g/mol. The molecule has 156 valence electrons. The maximum absolute atomic E-state index is 11.5. The quantitative estimate of drug-likeness (QED) is 0.475. The number of hydrogen-bond donors (Lipinski definition) is 1. The lowest BCUT2D eigenvalue weighted by atomic mass is 9.85. The summed E-state index contributed by atoms with van der Waals surface area (Å²) in [4.78, 5) is 11.5. The Kier molecular flexibility index (Phi) is 7.42. The molecule has 0 amide bonds. The van der Waals surface area contributed by atoms with Crippen molar-refractivity contribution in [3.8, 4) is 17.2 Å². The van der Waals surface area contributed by atoms with E-state index in [0.717, 1.165) is 35.0 Å². The summed E-state index contributed by atoms with van der Waals surface area (Å²) in [6.45, 7) is 3.02. The van der Waals surface area contributed by atoms with Crippen LogP contribution in [-0.4, -0.2) is 31.4 Å². The van der Waals surface area contributed by atoms with E-state index in [1.165, 1.54) is 5.56 Å². The highest BCUT2D eigenvalue weighted by atomic mass is 79.9. The van der Waals surface area contributed by atoms with Crippen LogP contribution in [0.2, 0.25) is 0 Å². The minimum atomic E-state index is -0.701. The van der Waals surface area contributed by atoms with Crippen LogP contribution in [-0.2, 0) is 11.2 Å². The summed E-state index contributed by atoms with van der Waals surface area (Å²) >= 11 is 3.42. The van der Waals surface area contributed by atoms with Gasteiger partial charge in [-0.05, 0) is 66.6 Å². The Labute approximate surface area is 180 Å². The molecule has 1 aliphatic rings. The van der Waals surface area contributed by atoms with E-state index in [1.807, 2.05) is 37.3 Å². The van der Waals surface area contributed by atoms with Gasteiger partial charge in [0, 0.05) is 10.9 Å². The van der Waals surface area contributed by atoms with Crippen LogP contribution in [0.5, 0.6) is 17.2 Å². The van der Waals surface area contributed by atoms with Crippen LogP contribution in [0.4, 0.5) is 0 Å². The van der Waals surface area contributed by atoms with Crippen molar-refractivity contribution in [3.05, 3.63) is 52.0 Å². The third-order valence-corrected chi connectivity index (χ3v) is 5.92. The molecule has 0 aliphatic heterocycles. The molecule has 2 aromatic rings. The lowest BCUT2D eigenvalue weighted by Gasteiger charge is -2.19. The van der Waals surface area contributed by atoms with Crippen molar-refractivity contribution < 1.29 is 24.1 Å². The first-order valence-corrected chi connectivity index (χ1v) is 10.8. The van der Waals surface area contributed by atoms with Crippen LogP contribution in [0.25, 0.3) is 0 Å². The largest absolute Gasteiger partial charge is 0.493 e. The first-order chi connectivity index (χ1) is 14.0. The number of carboxylic acid groups (broad SMARTS) is 1. The summed E-state index contributed by atoms with van der Waals surface area (Å²) in [5.41, 5.74) is 2.38. The second kappa shape index (κ2) is 10.0. The average Bonchev–Trinajstić information content (AvgIpc) is 3.12. The molecule has 0 saturated carbocycles. The lowest BCUT2D eigenvalue weighted by molar-refractivity contribution is -0.142. The van der Waals surface area contributed by atoms with Gasteiger partial charge in [0.1, 0.15) is 5.75 Å². The Morgan fingerprint density at radius 2 is 1.97 bits per heavy atom. The summed E-state index contributed by atoms with van der Waals surface area (Å²) in [6.07, 6.45) is 3.20. The fraction of sp³-hybridized carbons (Fsp3) is 0.435. The number of aryl methyl sites for hydroxylation is 1. The third kappa shape index (κ3) is 5.24. The molecule has 0 spiro atoms. The fourth-order valence-electron chi connectivity index (χ4n) is 3.96. The summed E-state index contributed by atoms with van der Waals surface area (Å²) in [6, 6.07) is 11.7. The van der Waals surface area contributed by atoms with Crippen LogP contribution in [0.1, 0.15) is 43.2 Å². The summed E-state index contributed by atoms with van der Waals surface area (Å²) in [7, 11) is 1.62. The molecule has 1 aliphatic carbocycles. The number of benzene rings is 2. The summed E-state index contributed by atoms with van der Waals surface area (Å²) < 4.78 is 17.9. The van der Waals surface area contributed by atoms with Crippen LogP contribution in [0, 0.1) is 5.92 Å². The zero-order chi connectivity index (χ0) is 20.8. The maximum atomic E-state index is 11.5. The molecule has 1 unspecified atom stereocenters. The van der Waals surface area contributed by atoms with Crippen molar-refractivity contribution in [1.29, 1.82) is 0 Å². The molecule has 0 heterocycles. The third-order valence-electron chi connectivity index (χ3n) is 5.42. The molecule has 2 atom stereocenters. The predicted molar refractivity (Wildman–Crippen MR) is 115 cm³/mol. The second-order valence-electron chi connectivity index (χ2n) is 7.20. The molecule has 29 heavy (non-hydrogen) atoms. The normalized spacial score (nSPS) is 16.2. The molecule has 0 saturated heterocycles. The molecule has 3 rings (SSSR count). The predicted octanol–water partition coefficient (Wildman–Crippen LogP) is 5.45. The molecule has 0 aromatic heterocycles. The van der Waals surface area contributed by atoms with Crippen molar-refractivity contribution in [3.63, 3.8) is 0 Å².